The highest BCUT2D eigenvalue weighted by Crippen LogP contribution is 2.35. The number of anilines is 1. The van der Waals surface area contributed by atoms with Crippen LogP contribution in [0.3, 0.4) is 0 Å². The monoisotopic (exact) mass is 526 g/mol. The van der Waals surface area contributed by atoms with Crippen LogP contribution in [0, 0.1) is 6.92 Å². The highest BCUT2D eigenvalue weighted by molar-refractivity contribution is 6.33. The SMILES string of the molecule is CCc1nc2ccccc2c(C(=O)OC(C(=O)Nc2cc(C(F)(F)F)ccc2Cl)c2ccccc2)c1C. The van der Waals surface area contributed by atoms with Crippen LogP contribution >= 0.6 is 11.6 Å². The molecule has 1 N–H and O–H groups in total. The molecular weight excluding hydrogens is 505 g/mol. The lowest BCUT2D eigenvalue weighted by atomic mass is 10.00. The van der Waals surface area contributed by atoms with E-state index in [2.05, 4.69) is 10.3 Å². The average molecular weight is 527 g/mol. The van der Waals surface area contributed by atoms with Crippen LogP contribution in [0.5, 0.6) is 0 Å². The summed E-state index contributed by atoms with van der Waals surface area (Å²) >= 11 is 6.07. The summed E-state index contributed by atoms with van der Waals surface area (Å²) in [5.41, 5.74) is 1.31. The van der Waals surface area contributed by atoms with E-state index in [0.717, 1.165) is 18.2 Å². The molecule has 0 fully saturated rings. The topological polar surface area (TPSA) is 68.3 Å². The van der Waals surface area contributed by atoms with Gasteiger partial charge in [0, 0.05) is 16.6 Å². The maximum Gasteiger partial charge on any atom is 0.416 e. The van der Waals surface area contributed by atoms with Crippen molar-refractivity contribution in [2.45, 2.75) is 32.5 Å². The van der Waals surface area contributed by atoms with E-state index in [0.29, 0.717) is 34.1 Å². The minimum atomic E-state index is -4.63. The Hall–Kier alpha value is -3.91. The van der Waals surface area contributed by atoms with Crippen molar-refractivity contribution in [1.82, 2.24) is 4.98 Å². The van der Waals surface area contributed by atoms with Crippen LogP contribution < -0.4 is 5.32 Å². The number of hydrogen-bond acceptors (Lipinski definition) is 4. The standard InChI is InChI=1S/C28H22ClF3N2O3/c1-3-21-16(2)24(19-11-7-8-12-22(19)33-21)27(36)37-25(17-9-5-4-6-10-17)26(35)34-23-15-18(28(30,31)32)13-14-20(23)29/h4-15,25H,3H2,1-2H3,(H,34,35). The molecule has 0 saturated carbocycles. The molecule has 5 nitrogen and oxygen atoms in total. The summed E-state index contributed by atoms with van der Waals surface area (Å²) in [5.74, 6) is -1.61. The summed E-state index contributed by atoms with van der Waals surface area (Å²) in [7, 11) is 0. The van der Waals surface area contributed by atoms with E-state index in [4.69, 9.17) is 16.3 Å². The third kappa shape index (κ3) is 5.59. The first-order valence-corrected chi connectivity index (χ1v) is 11.8. The number of carbonyl (C=O) groups is 2. The summed E-state index contributed by atoms with van der Waals surface area (Å²) in [5, 5.41) is 2.86. The zero-order chi connectivity index (χ0) is 26.7. The second-order valence-corrected chi connectivity index (χ2v) is 8.71. The van der Waals surface area contributed by atoms with Crippen LogP contribution in [-0.2, 0) is 22.1 Å². The Kier molecular flexibility index (Phi) is 7.50. The van der Waals surface area contributed by atoms with Gasteiger partial charge in [0.2, 0.25) is 6.10 Å². The van der Waals surface area contributed by atoms with E-state index in [1.807, 2.05) is 6.92 Å². The first-order valence-electron chi connectivity index (χ1n) is 11.4. The van der Waals surface area contributed by atoms with Gasteiger partial charge in [-0.3, -0.25) is 9.78 Å². The molecule has 0 bridgehead atoms. The number of halogens is 4. The minimum absolute atomic E-state index is 0.0944. The molecule has 37 heavy (non-hydrogen) atoms. The molecule has 190 valence electrons. The van der Waals surface area contributed by atoms with E-state index >= 15 is 0 Å². The van der Waals surface area contributed by atoms with E-state index in [9.17, 15) is 22.8 Å². The highest BCUT2D eigenvalue weighted by atomic mass is 35.5. The second kappa shape index (κ2) is 10.6. The number of nitrogens with zero attached hydrogens (tertiary/aromatic N) is 1. The number of aryl methyl sites for hydroxylation is 1. The predicted molar refractivity (Wildman–Crippen MR) is 136 cm³/mol. The molecule has 1 aromatic heterocycles. The zero-order valence-corrected chi connectivity index (χ0v) is 20.7. The number of hydrogen-bond donors (Lipinski definition) is 1. The number of para-hydroxylation sites is 1. The third-order valence-electron chi connectivity index (χ3n) is 5.89. The van der Waals surface area contributed by atoms with Gasteiger partial charge in [0.25, 0.3) is 5.91 Å². The van der Waals surface area contributed by atoms with Gasteiger partial charge < -0.3 is 10.1 Å². The molecule has 1 heterocycles. The molecule has 1 amide bonds. The summed E-state index contributed by atoms with van der Waals surface area (Å²) in [6.45, 7) is 3.67. The number of pyridine rings is 1. The second-order valence-electron chi connectivity index (χ2n) is 8.31. The number of aromatic nitrogens is 1. The van der Waals surface area contributed by atoms with E-state index in [-0.39, 0.29) is 16.3 Å². The fraction of sp³-hybridized carbons (Fsp3) is 0.179. The van der Waals surface area contributed by atoms with Crippen molar-refractivity contribution < 1.29 is 27.5 Å². The molecule has 0 aliphatic carbocycles. The number of esters is 1. The van der Waals surface area contributed by atoms with Gasteiger partial charge in [-0.25, -0.2) is 4.79 Å². The first kappa shape index (κ1) is 26.2. The molecule has 0 aliphatic heterocycles. The lowest BCUT2D eigenvalue weighted by Crippen LogP contribution is -2.26. The lowest BCUT2D eigenvalue weighted by molar-refractivity contribution is -0.137. The largest absolute Gasteiger partial charge is 0.444 e. The molecule has 4 aromatic rings. The van der Waals surface area contributed by atoms with Crippen molar-refractivity contribution >= 4 is 40.1 Å². The van der Waals surface area contributed by atoms with Crippen LogP contribution in [0.25, 0.3) is 10.9 Å². The van der Waals surface area contributed by atoms with Crippen LogP contribution in [0.15, 0.2) is 72.8 Å². The lowest BCUT2D eigenvalue weighted by Gasteiger charge is -2.20. The van der Waals surface area contributed by atoms with Crippen molar-refractivity contribution in [3.63, 3.8) is 0 Å². The summed E-state index contributed by atoms with van der Waals surface area (Å²) in [6, 6.07) is 17.9. The number of nitrogens with one attached hydrogen (secondary N) is 1. The molecule has 4 rings (SSSR count). The van der Waals surface area contributed by atoms with Crippen molar-refractivity contribution in [3.8, 4) is 0 Å². The highest BCUT2D eigenvalue weighted by Gasteiger charge is 2.32. The Labute approximate surface area is 216 Å². The summed E-state index contributed by atoms with van der Waals surface area (Å²) in [4.78, 5) is 31.5. The van der Waals surface area contributed by atoms with Gasteiger partial charge in [-0.1, -0.05) is 67.1 Å². The quantitative estimate of drug-likeness (QED) is 0.267. The molecule has 0 radical (unpaired) electrons. The number of benzene rings is 3. The first-order chi connectivity index (χ1) is 17.6. The smallest absolute Gasteiger partial charge is 0.416 e. The Bertz CT molecular complexity index is 1470. The molecule has 9 heteroatoms. The van der Waals surface area contributed by atoms with Gasteiger partial charge in [-0.15, -0.1) is 0 Å². The number of alkyl halides is 3. The molecule has 0 aliphatic rings. The molecule has 0 spiro atoms. The third-order valence-corrected chi connectivity index (χ3v) is 6.22. The average Bonchev–Trinajstić information content (AvgIpc) is 2.87. The van der Waals surface area contributed by atoms with Crippen molar-refractivity contribution in [2.75, 3.05) is 5.32 Å². The number of rotatable bonds is 6. The minimum Gasteiger partial charge on any atom is -0.444 e. The number of amides is 1. The molecule has 3 aromatic carbocycles. The normalized spacial score (nSPS) is 12.3. The Balaban J connectivity index is 1.73. The van der Waals surface area contributed by atoms with Gasteiger partial charge in [0.15, 0.2) is 0 Å². The van der Waals surface area contributed by atoms with E-state index in [1.165, 1.54) is 0 Å². The van der Waals surface area contributed by atoms with Gasteiger partial charge in [-0.2, -0.15) is 13.2 Å². The van der Waals surface area contributed by atoms with Crippen LogP contribution in [-0.4, -0.2) is 16.9 Å². The van der Waals surface area contributed by atoms with Crippen LogP contribution in [0.2, 0.25) is 5.02 Å². The van der Waals surface area contributed by atoms with E-state index in [1.54, 1.807) is 61.5 Å². The Morgan fingerprint density at radius 3 is 2.38 bits per heavy atom. The van der Waals surface area contributed by atoms with Gasteiger partial charge in [0.05, 0.1) is 27.4 Å². The van der Waals surface area contributed by atoms with Crippen molar-refractivity contribution in [1.29, 1.82) is 0 Å². The number of fused-ring (bicyclic) bond motifs is 1. The predicted octanol–water partition coefficient (Wildman–Crippen LogP) is 7.31. The Morgan fingerprint density at radius 1 is 1.03 bits per heavy atom. The number of carbonyl (C=O) groups excluding carboxylic acids is 2. The number of ether oxygens (including phenoxy) is 1. The summed E-state index contributed by atoms with van der Waals surface area (Å²) in [6.07, 6.45) is -5.52. The van der Waals surface area contributed by atoms with Crippen molar-refractivity contribution in [3.05, 3.63) is 106 Å². The van der Waals surface area contributed by atoms with Crippen LogP contribution in [0.1, 0.15) is 45.8 Å². The molecule has 1 atom stereocenters. The van der Waals surface area contributed by atoms with Crippen molar-refractivity contribution in [2.24, 2.45) is 0 Å². The summed E-state index contributed by atoms with van der Waals surface area (Å²) < 4.78 is 45.4. The Morgan fingerprint density at radius 2 is 1.70 bits per heavy atom. The van der Waals surface area contributed by atoms with Crippen LogP contribution in [0.4, 0.5) is 18.9 Å². The fourth-order valence-corrected chi connectivity index (χ4v) is 4.19. The maximum absolute atomic E-state index is 13.5. The molecule has 0 saturated heterocycles. The molecule has 1 unspecified atom stereocenters. The van der Waals surface area contributed by atoms with Gasteiger partial charge >= 0.3 is 12.1 Å². The van der Waals surface area contributed by atoms with Gasteiger partial charge in [0.1, 0.15) is 0 Å². The fourth-order valence-electron chi connectivity index (χ4n) is 4.03. The van der Waals surface area contributed by atoms with Gasteiger partial charge in [-0.05, 0) is 43.2 Å². The zero-order valence-electron chi connectivity index (χ0n) is 19.9. The van der Waals surface area contributed by atoms with E-state index < -0.39 is 29.7 Å². The maximum atomic E-state index is 13.5. The molecular formula is C28H22ClF3N2O3.